The smallest absolute Gasteiger partial charge is 0.114 e. The molecule has 0 saturated heterocycles. The molecule has 0 bridgehead atoms. The van der Waals surface area contributed by atoms with Crippen LogP contribution in [0, 0.1) is 0 Å². The Morgan fingerprint density at radius 3 is 3.20 bits per heavy atom. The maximum absolute atomic E-state index is 5.87. The van der Waals surface area contributed by atoms with E-state index in [4.69, 9.17) is 4.74 Å². The second-order valence-electron chi connectivity index (χ2n) is 5.11. The zero-order valence-corrected chi connectivity index (χ0v) is 11.9. The van der Waals surface area contributed by atoms with Crippen LogP contribution in [-0.2, 0) is 4.74 Å². The Labute approximate surface area is 119 Å². The second kappa shape index (κ2) is 6.09. The molecule has 0 radical (unpaired) electrons. The van der Waals surface area contributed by atoms with Gasteiger partial charge in [0, 0.05) is 11.8 Å². The number of nitrogens with zero attached hydrogens (tertiary/aromatic N) is 2. The van der Waals surface area contributed by atoms with E-state index >= 15 is 0 Å². The molecule has 106 valence electrons. The fraction of sp³-hybridized carbons (Fsp3) is 0.438. The fourth-order valence-corrected chi connectivity index (χ4v) is 2.61. The van der Waals surface area contributed by atoms with E-state index in [0.29, 0.717) is 0 Å². The van der Waals surface area contributed by atoms with Gasteiger partial charge in [-0.3, -0.25) is 0 Å². The number of ether oxygens (including phenoxy) is 1. The Bertz CT molecular complexity index is 603. The van der Waals surface area contributed by atoms with Gasteiger partial charge in [0.15, 0.2) is 0 Å². The van der Waals surface area contributed by atoms with Gasteiger partial charge in [0.05, 0.1) is 24.4 Å². The van der Waals surface area contributed by atoms with E-state index in [1.165, 1.54) is 5.56 Å². The maximum atomic E-state index is 5.87. The lowest BCUT2D eigenvalue weighted by Crippen LogP contribution is -2.26. The van der Waals surface area contributed by atoms with Crippen LogP contribution in [0.2, 0.25) is 0 Å². The van der Waals surface area contributed by atoms with Crippen molar-refractivity contribution in [1.29, 1.82) is 0 Å². The minimum atomic E-state index is 0.107. The Hall–Kier alpha value is -1.81. The number of allylic oxidation sites excluding steroid dienone is 1. The van der Waals surface area contributed by atoms with Gasteiger partial charge in [0.25, 0.3) is 0 Å². The Morgan fingerprint density at radius 1 is 1.45 bits per heavy atom. The van der Waals surface area contributed by atoms with Crippen molar-refractivity contribution in [3.05, 3.63) is 48.0 Å². The van der Waals surface area contributed by atoms with Crippen molar-refractivity contribution in [2.24, 2.45) is 0 Å². The van der Waals surface area contributed by atoms with Crippen molar-refractivity contribution in [3.63, 3.8) is 0 Å². The summed E-state index contributed by atoms with van der Waals surface area (Å²) in [6, 6.07) is 6.25. The molecule has 4 nitrogen and oxygen atoms in total. The van der Waals surface area contributed by atoms with E-state index in [1.54, 1.807) is 0 Å². The van der Waals surface area contributed by atoms with E-state index in [0.717, 1.165) is 43.7 Å². The van der Waals surface area contributed by atoms with E-state index in [9.17, 15) is 0 Å². The summed E-state index contributed by atoms with van der Waals surface area (Å²) in [6.45, 7) is 3.96. The minimum Gasteiger partial charge on any atom is -0.496 e. The number of nitrogens with one attached hydrogen (secondary N) is 1. The third-order valence-corrected chi connectivity index (χ3v) is 3.61. The second-order valence-corrected chi connectivity index (χ2v) is 5.11. The SMILES string of the molecule is CCCNC(C1=CCCCO1)c1cnn2ccccc12. The van der Waals surface area contributed by atoms with Gasteiger partial charge < -0.3 is 10.1 Å². The predicted octanol–water partition coefficient (Wildman–Crippen LogP) is 3.07. The van der Waals surface area contributed by atoms with Crippen molar-refractivity contribution in [2.45, 2.75) is 32.2 Å². The summed E-state index contributed by atoms with van der Waals surface area (Å²) in [7, 11) is 0. The summed E-state index contributed by atoms with van der Waals surface area (Å²) in [4.78, 5) is 0. The van der Waals surface area contributed by atoms with E-state index in [1.807, 2.05) is 29.0 Å². The van der Waals surface area contributed by atoms with Gasteiger partial charge in [-0.05, 0) is 44.0 Å². The van der Waals surface area contributed by atoms with Gasteiger partial charge >= 0.3 is 0 Å². The molecule has 1 aliphatic rings. The molecule has 0 saturated carbocycles. The molecule has 2 aromatic heterocycles. The average Bonchev–Trinajstić information content (AvgIpc) is 2.93. The van der Waals surface area contributed by atoms with Crippen LogP contribution in [0.15, 0.2) is 42.4 Å². The van der Waals surface area contributed by atoms with Crippen LogP contribution >= 0.6 is 0 Å². The highest BCUT2D eigenvalue weighted by molar-refractivity contribution is 5.56. The predicted molar refractivity (Wildman–Crippen MR) is 79.5 cm³/mol. The molecule has 0 fully saturated rings. The zero-order chi connectivity index (χ0) is 13.8. The van der Waals surface area contributed by atoms with Crippen LogP contribution in [-0.4, -0.2) is 22.8 Å². The molecule has 1 unspecified atom stereocenters. The van der Waals surface area contributed by atoms with E-state index in [-0.39, 0.29) is 6.04 Å². The lowest BCUT2D eigenvalue weighted by molar-refractivity contribution is 0.168. The number of hydrogen-bond donors (Lipinski definition) is 1. The van der Waals surface area contributed by atoms with Crippen LogP contribution in [0.4, 0.5) is 0 Å². The molecule has 3 rings (SSSR count). The average molecular weight is 271 g/mol. The van der Waals surface area contributed by atoms with E-state index < -0.39 is 0 Å². The molecule has 0 aromatic carbocycles. The third-order valence-electron chi connectivity index (χ3n) is 3.61. The van der Waals surface area contributed by atoms with Crippen molar-refractivity contribution in [2.75, 3.05) is 13.2 Å². The first-order chi connectivity index (χ1) is 9.90. The van der Waals surface area contributed by atoms with Gasteiger partial charge in [-0.25, -0.2) is 4.52 Å². The minimum absolute atomic E-state index is 0.107. The Balaban J connectivity index is 1.97. The Kier molecular flexibility index (Phi) is 4.02. The van der Waals surface area contributed by atoms with Crippen LogP contribution < -0.4 is 5.32 Å². The van der Waals surface area contributed by atoms with Gasteiger partial charge in [0.2, 0.25) is 0 Å². The van der Waals surface area contributed by atoms with Gasteiger partial charge in [-0.15, -0.1) is 0 Å². The summed E-state index contributed by atoms with van der Waals surface area (Å²) in [5, 5.41) is 8.02. The first-order valence-corrected chi connectivity index (χ1v) is 7.38. The summed E-state index contributed by atoms with van der Waals surface area (Å²) in [5.41, 5.74) is 2.32. The van der Waals surface area contributed by atoms with Gasteiger partial charge in [-0.2, -0.15) is 5.10 Å². The monoisotopic (exact) mass is 271 g/mol. The van der Waals surface area contributed by atoms with Crippen molar-refractivity contribution in [1.82, 2.24) is 14.9 Å². The molecule has 1 aliphatic heterocycles. The molecule has 3 heterocycles. The molecule has 20 heavy (non-hydrogen) atoms. The number of aromatic nitrogens is 2. The molecule has 0 spiro atoms. The third kappa shape index (κ3) is 2.56. The standard InChI is InChI=1S/C16H21N3O/c1-2-9-17-16(15-8-4-6-11-20-15)13-12-18-19-10-5-3-7-14(13)19/h3,5,7-8,10,12,16-17H,2,4,6,9,11H2,1H3. The molecule has 0 amide bonds. The fourth-order valence-electron chi connectivity index (χ4n) is 2.61. The molecule has 1 atom stereocenters. The molecule has 0 aliphatic carbocycles. The quantitative estimate of drug-likeness (QED) is 0.908. The summed E-state index contributed by atoms with van der Waals surface area (Å²) in [5.74, 6) is 1.04. The molecule has 2 aromatic rings. The van der Waals surface area contributed by atoms with Crippen molar-refractivity contribution in [3.8, 4) is 0 Å². The van der Waals surface area contributed by atoms with Gasteiger partial charge in [-0.1, -0.05) is 13.0 Å². The normalized spacial score (nSPS) is 16.8. The van der Waals surface area contributed by atoms with Gasteiger partial charge in [0.1, 0.15) is 5.76 Å². The van der Waals surface area contributed by atoms with Crippen LogP contribution in [0.1, 0.15) is 37.8 Å². The maximum Gasteiger partial charge on any atom is 0.114 e. The number of rotatable bonds is 5. The number of hydrogen-bond acceptors (Lipinski definition) is 3. The first kappa shape index (κ1) is 13.2. The Morgan fingerprint density at radius 2 is 2.40 bits per heavy atom. The highest BCUT2D eigenvalue weighted by Gasteiger charge is 2.22. The molecule has 4 heteroatoms. The number of pyridine rings is 1. The highest BCUT2D eigenvalue weighted by atomic mass is 16.5. The zero-order valence-electron chi connectivity index (χ0n) is 11.9. The molecule has 1 N–H and O–H groups in total. The van der Waals surface area contributed by atoms with Crippen LogP contribution in [0.5, 0.6) is 0 Å². The van der Waals surface area contributed by atoms with Crippen molar-refractivity contribution < 1.29 is 4.74 Å². The largest absolute Gasteiger partial charge is 0.496 e. The van der Waals surface area contributed by atoms with Crippen molar-refractivity contribution >= 4 is 5.52 Å². The highest BCUT2D eigenvalue weighted by Crippen LogP contribution is 2.28. The topological polar surface area (TPSA) is 38.6 Å². The van der Waals surface area contributed by atoms with Crippen LogP contribution in [0.3, 0.4) is 0 Å². The lowest BCUT2D eigenvalue weighted by atomic mass is 10.0. The van der Waals surface area contributed by atoms with Crippen LogP contribution in [0.25, 0.3) is 5.52 Å². The molecular formula is C16H21N3O. The molecular weight excluding hydrogens is 250 g/mol. The summed E-state index contributed by atoms with van der Waals surface area (Å²) < 4.78 is 7.79. The summed E-state index contributed by atoms with van der Waals surface area (Å²) in [6.07, 6.45) is 9.44. The van der Waals surface area contributed by atoms with E-state index in [2.05, 4.69) is 29.5 Å². The summed E-state index contributed by atoms with van der Waals surface area (Å²) >= 11 is 0. The first-order valence-electron chi connectivity index (χ1n) is 7.38. The number of fused-ring (bicyclic) bond motifs is 1. The lowest BCUT2D eigenvalue weighted by Gasteiger charge is -2.24.